The molecule has 3 fully saturated rings. The second-order valence-corrected chi connectivity index (χ2v) is 11.3. The van der Waals surface area contributed by atoms with Crippen molar-refractivity contribution in [3.63, 3.8) is 0 Å². The van der Waals surface area contributed by atoms with Crippen molar-refractivity contribution in [2.24, 2.45) is 16.8 Å². The van der Waals surface area contributed by atoms with Crippen LogP contribution in [0.4, 0.5) is 0 Å². The number of hydrogen-bond acceptors (Lipinski definition) is 4. The number of fused-ring (bicyclic) bond motifs is 1. The molecular formula is C28H25BrN4O2. The van der Waals surface area contributed by atoms with Gasteiger partial charge in [-0.05, 0) is 43.9 Å². The summed E-state index contributed by atoms with van der Waals surface area (Å²) in [5, 5.41) is 1.10. The van der Waals surface area contributed by atoms with Gasteiger partial charge >= 0.3 is 0 Å². The zero-order valence-corrected chi connectivity index (χ0v) is 20.9. The molecule has 7 heteroatoms. The summed E-state index contributed by atoms with van der Waals surface area (Å²) in [4.78, 5) is 39.1. The van der Waals surface area contributed by atoms with Crippen molar-refractivity contribution in [3.8, 4) is 11.3 Å². The highest BCUT2D eigenvalue weighted by atomic mass is 79.9. The third-order valence-corrected chi connectivity index (χ3v) is 8.16. The lowest BCUT2D eigenvalue weighted by Gasteiger charge is -2.41. The Hall–Kier alpha value is -3.06. The molecule has 176 valence electrons. The van der Waals surface area contributed by atoms with Crippen LogP contribution in [0.5, 0.6) is 0 Å². The molecule has 2 saturated carbocycles. The van der Waals surface area contributed by atoms with Crippen LogP contribution < -0.4 is 0 Å². The van der Waals surface area contributed by atoms with Crippen LogP contribution in [-0.2, 0) is 9.59 Å². The average molecular weight is 529 g/mol. The standard InChI is InChI=1S/C28H25BrN4O2/c29-22-9-7-19-8-10-23(30-24(19)13-22)18-1-3-20(4-2-18)25-31-28(11-12-28)27(35)33(25)16-17-14-32(15-17)26(34)21-5-6-21/h1-4,7-10,13,17,21H,5-6,11-12,14-16H2. The molecule has 1 spiro atoms. The Morgan fingerprint density at radius 2 is 1.71 bits per heavy atom. The molecule has 6 nitrogen and oxygen atoms in total. The molecular weight excluding hydrogens is 504 g/mol. The number of nitrogens with zero attached hydrogens (tertiary/aromatic N) is 4. The highest BCUT2D eigenvalue weighted by Gasteiger charge is 2.57. The molecule has 1 aromatic heterocycles. The second kappa shape index (κ2) is 7.72. The first-order valence-corrected chi connectivity index (χ1v) is 13.2. The number of halogens is 1. The number of carbonyl (C=O) groups is 2. The van der Waals surface area contributed by atoms with Crippen LogP contribution >= 0.6 is 15.9 Å². The van der Waals surface area contributed by atoms with Crippen LogP contribution in [0.2, 0.25) is 0 Å². The third-order valence-electron chi connectivity index (χ3n) is 7.67. The second-order valence-electron chi connectivity index (χ2n) is 10.4. The molecule has 35 heavy (non-hydrogen) atoms. The minimum absolute atomic E-state index is 0.130. The van der Waals surface area contributed by atoms with Crippen molar-refractivity contribution < 1.29 is 9.59 Å². The van der Waals surface area contributed by atoms with Crippen LogP contribution in [0, 0.1) is 11.8 Å². The number of rotatable bonds is 5. The summed E-state index contributed by atoms with van der Waals surface area (Å²) in [6.07, 6.45) is 3.73. The van der Waals surface area contributed by atoms with Crippen LogP contribution in [-0.4, -0.2) is 57.6 Å². The third kappa shape index (κ3) is 3.68. The summed E-state index contributed by atoms with van der Waals surface area (Å²) in [7, 11) is 0. The van der Waals surface area contributed by atoms with Crippen molar-refractivity contribution in [2.45, 2.75) is 31.2 Å². The molecule has 0 unspecified atom stereocenters. The molecule has 3 heterocycles. The van der Waals surface area contributed by atoms with Gasteiger partial charge in [0, 0.05) is 52.5 Å². The molecule has 1 saturated heterocycles. The number of likely N-dealkylation sites (tertiary alicyclic amines) is 1. The zero-order chi connectivity index (χ0) is 23.7. The summed E-state index contributed by atoms with van der Waals surface area (Å²) >= 11 is 3.53. The van der Waals surface area contributed by atoms with Gasteiger partial charge in [0.05, 0.1) is 11.2 Å². The molecule has 4 aliphatic rings. The average Bonchev–Trinajstić information content (AvgIpc) is 3.76. The number of aliphatic imine (C=N–C) groups is 1. The van der Waals surface area contributed by atoms with E-state index in [1.54, 1.807) is 0 Å². The first-order chi connectivity index (χ1) is 17.0. The lowest BCUT2D eigenvalue weighted by atomic mass is 9.98. The number of pyridine rings is 1. The first kappa shape index (κ1) is 21.2. The van der Waals surface area contributed by atoms with Gasteiger partial charge in [-0.15, -0.1) is 0 Å². The van der Waals surface area contributed by atoms with E-state index in [-0.39, 0.29) is 11.8 Å². The molecule has 0 N–H and O–H groups in total. The number of amides is 2. The van der Waals surface area contributed by atoms with Gasteiger partial charge in [0.25, 0.3) is 5.91 Å². The fourth-order valence-electron chi connectivity index (χ4n) is 5.25. The van der Waals surface area contributed by atoms with Crippen LogP contribution in [0.1, 0.15) is 31.2 Å². The Kier molecular flexibility index (Phi) is 4.68. The first-order valence-electron chi connectivity index (χ1n) is 12.4. The van der Waals surface area contributed by atoms with Gasteiger partial charge in [-0.1, -0.05) is 52.3 Å². The monoisotopic (exact) mass is 528 g/mol. The minimum Gasteiger partial charge on any atom is -0.342 e. The largest absolute Gasteiger partial charge is 0.342 e. The smallest absolute Gasteiger partial charge is 0.256 e. The Labute approximate surface area is 212 Å². The summed E-state index contributed by atoms with van der Waals surface area (Å²) in [5.41, 5.74) is 3.32. The predicted molar refractivity (Wildman–Crippen MR) is 138 cm³/mol. The fourth-order valence-corrected chi connectivity index (χ4v) is 5.59. The Bertz CT molecular complexity index is 1400. The number of aromatic nitrogens is 1. The number of carbonyl (C=O) groups excluding carboxylic acids is 2. The number of hydrogen-bond donors (Lipinski definition) is 0. The maximum Gasteiger partial charge on any atom is 0.256 e. The van der Waals surface area contributed by atoms with E-state index in [9.17, 15) is 9.59 Å². The normalized spacial score (nSPS) is 20.9. The van der Waals surface area contributed by atoms with Gasteiger partial charge in [-0.25, -0.2) is 4.98 Å². The molecule has 3 aromatic rings. The Morgan fingerprint density at radius 3 is 2.43 bits per heavy atom. The highest BCUT2D eigenvalue weighted by molar-refractivity contribution is 9.10. The zero-order valence-electron chi connectivity index (χ0n) is 19.3. The van der Waals surface area contributed by atoms with Gasteiger partial charge in [0.15, 0.2) is 0 Å². The number of benzene rings is 2. The van der Waals surface area contributed by atoms with Crippen LogP contribution in [0.25, 0.3) is 22.2 Å². The van der Waals surface area contributed by atoms with Crippen molar-refractivity contribution >= 4 is 44.5 Å². The fraction of sp³-hybridized carbons (Fsp3) is 0.357. The summed E-state index contributed by atoms with van der Waals surface area (Å²) in [6, 6.07) is 18.4. The highest BCUT2D eigenvalue weighted by Crippen LogP contribution is 2.46. The summed E-state index contributed by atoms with van der Waals surface area (Å²) < 4.78 is 1.01. The van der Waals surface area contributed by atoms with E-state index in [4.69, 9.17) is 9.98 Å². The minimum atomic E-state index is -0.533. The number of amidine groups is 1. The lowest BCUT2D eigenvalue weighted by molar-refractivity contribution is -0.139. The molecule has 2 aliphatic carbocycles. The summed E-state index contributed by atoms with van der Waals surface area (Å²) in [6.45, 7) is 2.14. The quantitative estimate of drug-likeness (QED) is 0.483. The van der Waals surface area contributed by atoms with Gasteiger partial charge in [0.1, 0.15) is 11.4 Å². The maximum absolute atomic E-state index is 13.2. The molecule has 0 bridgehead atoms. The van der Waals surface area contributed by atoms with E-state index >= 15 is 0 Å². The van der Waals surface area contributed by atoms with Crippen molar-refractivity contribution in [2.75, 3.05) is 19.6 Å². The molecule has 0 atom stereocenters. The van der Waals surface area contributed by atoms with Crippen molar-refractivity contribution in [3.05, 3.63) is 64.6 Å². The molecule has 7 rings (SSSR count). The lowest BCUT2D eigenvalue weighted by Crippen LogP contribution is -2.55. The van der Waals surface area contributed by atoms with Crippen LogP contribution in [0.15, 0.2) is 64.1 Å². The van der Waals surface area contributed by atoms with E-state index in [0.29, 0.717) is 18.4 Å². The summed E-state index contributed by atoms with van der Waals surface area (Å²) in [5.74, 6) is 1.79. The maximum atomic E-state index is 13.2. The van der Waals surface area contributed by atoms with E-state index < -0.39 is 5.54 Å². The topological polar surface area (TPSA) is 65.9 Å². The van der Waals surface area contributed by atoms with Gasteiger partial charge in [0.2, 0.25) is 5.91 Å². The van der Waals surface area contributed by atoms with E-state index in [1.807, 2.05) is 40.1 Å². The van der Waals surface area contributed by atoms with Gasteiger partial charge in [-0.3, -0.25) is 19.5 Å². The van der Waals surface area contributed by atoms with E-state index in [2.05, 4.69) is 40.2 Å². The Morgan fingerprint density at radius 1 is 1.00 bits per heavy atom. The van der Waals surface area contributed by atoms with Crippen molar-refractivity contribution in [1.29, 1.82) is 0 Å². The van der Waals surface area contributed by atoms with E-state index in [0.717, 1.165) is 76.8 Å². The molecule has 2 aliphatic heterocycles. The Balaban J connectivity index is 1.11. The predicted octanol–water partition coefficient (Wildman–Crippen LogP) is 4.65. The van der Waals surface area contributed by atoms with Gasteiger partial charge in [-0.2, -0.15) is 0 Å². The van der Waals surface area contributed by atoms with Crippen LogP contribution in [0.3, 0.4) is 0 Å². The van der Waals surface area contributed by atoms with Crippen molar-refractivity contribution in [1.82, 2.24) is 14.8 Å². The SMILES string of the molecule is O=C(C1CC1)N1CC(CN2C(=O)C3(CC3)N=C2c2ccc(-c3ccc4ccc(Br)cc4n3)cc2)C1. The van der Waals surface area contributed by atoms with E-state index in [1.165, 1.54) is 0 Å². The van der Waals surface area contributed by atoms with Gasteiger partial charge < -0.3 is 4.90 Å². The molecule has 0 radical (unpaired) electrons. The molecule has 2 aromatic carbocycles. The molecule has 2 amide bonds.